The van der Waals surface area contributed by atoms with Gasteiger partial charge in [0.15, 0.2) is 0 Å². The number of hydrogen-bond acceptors (Lipinski definition) is 3. The number of ether oxygens (including phenoxy) is 1. The molecule has 0 unspecified atom stereocenters. The van der Waals surface area contributed by atoms with Gasteiger partial charge in [0, 0.05) is 26.8 Å². The lowest BCUT2D eigenvalue weighted by Gasteiger charge is -2.17. The maximum Gasteiger partial charge on any atom is 0.240 e. The Bertz CT molecular complexity index is 314. The minimum Gasteiger partial charge on any atom is -0.383 e. The molecule has 0 saturated carbocycles. The fraction of sp³-hybridized carbons (Fsp3) is 0.417. The quantitative estimate of drug-likeness (QED) is 0.718. The van der Waals surface area contributed by atoms with Gasteiger partial charge in [-0.2, -0.15) is 0 Å². The summed E-state index contributed by atoms with van der Waals surface area (Å²) >= 11 is 0. The Labute approximate surface area is 96.2 Å². The first kappa shape index (κ1) is 12.7. The standard InChI is InChI=1S/C12H17N2O2/c1-14(11-6-4-3-5-7-11)12(15)10-13-8-9-16-2/h3-6,13H,8-10H2,1-2H3. The van der Waals surface area contributed by atoms with Crippen molar-refractivity contribution in [2.24, 2.45) is 0 Å². The van der Waals surface area contributed by atoms with E-state index in [4.69, 9.17) is 4.74 Å². The van der Waals surface area contributed by atoms with Crippen molar-refractivity contribution in [3.8, 4) is 0 Å². The lowest BCUT2D eigenvalue weighted by Crippen LogP contribution is -2.36. The van der Waals surface area contributed by atoms with Crippen LogP contribution >= 0.6 is 0 Å². The highest BCUT2D eigenvalue weighted by molar-refractivity contribution is 5.94. The van der Waals surface area contributed by atoms with Crippen molar-refractivity contribution in [3.05, 3.63) is 30.3 Å². The van der Waals surface area contributed by atoms with Gasteiger partial charge in [-0.3, -0.25) is 4.79 Å². The van der Waals surface area contributed by atoms with Crippen LogP contribution in [0.3, 0.4) is 0 Å². The van der Waals surface area contributed by atoms with Gasteiger partial charge in [-0.05, 0) is 6.07 Å². The number of rotatable bonds is 6. The Balaban J connectivity index is 2.37. The number of hydrogen-bond donors (Lipinski definition) is 1. The van der Waals surface area contributed by atoms with Crippen molar-refractivity contribution in [1.29, 1.82) is 0 Å². The number of para-hydroxylation sites is 1. The molecule has 4 heteroatoms. The summed E-state index contributed by atoms with van der Waals surface area (Å²) in [6, 6.07) is 10.4. The van der Waals surface area contributed by atoms with Gasteiger partial charge in [-0.1, -0.05) is 18.2 Å². The Morgan fingerprint density at radius 3 is 3.00 bits per heavy atom. The van der Waals surface area contributed by atoms with Crippen LogP contribution in [0, 0.1) is 6.07 Å². The van der Waals surface area contributed by atoms with E-state index in [2.05, 4.69) is 11.4 Å². The largest absolute Gasteiger partial charge is 0.383 e. The first-order chi connectivity index (χ1) is 7.75. The molecule has 1 aromatic carbocycles. The third-order valence-electron chi connectivity index (χ3n) is 2.19. The predicted molar refractivity (Wildman–Crippen MR) is 63.4 cm³/mol. The number of carbonyl (C=O) groups excluding carboxylic acids is 1. The molecule has 16 heavy (non-hydrogen) atoms. The second-order valence-corrected chi connectivity index (χ2v) is 3.37. The van der Waals surface area contributed by atoms with Crippen LogP contribution in [0.25, 0.3) is 0 Å². The van der Waals surface area contributed by atoms with Crippen molar-refractivity contribution in [2.75, 3.05) is 38.8 Å². The molecule has 0 atom stereocenters. The number of amides is 1. The minimum absolute atomic E-state index is 0.0125. The average molecular weight is 221 g/mol. The fourth-order valence-electron chi connectivity index (χ4n) is 1.21. The van der Waals surface area contributed by atoms with Gasteiger partial charge in [0.05, 0.1) is 18.8 Å². The second-order valence-electron chi connectivity index (χ2n) is 3.37. The van der Waals surface area contributed by atoms with Gasteiger partial charge in [0.1, 0.15) is 0 Å². The lowest BCUT2D eigenvalue weighted by atomic mass is 10.3. The van der Waals surface area contributed by atoms with Crippen LogP contribution in [0.1, 0.15) is 0 Å². The van der Waals surface area contributed by atoms with Crippen molar-refractivity contribution in [3.63, 3.8) is 0 Å². The zero-order valence-electron chi connectivity index (χ0n) is 9.69. The lowest BCUT2D eigenvalue weighted by molar-refractivity contribution is -0.117. The SMILES string of the molecule is COCCNCC(=O)N(C)c1[c]cccc1. The van der Waals surface area contributed by atoms with Crippen LogP contribution in [-0.2, 0) is 9.53 Å². The molecule has 0 aliphatic heterocycles. The van der Waals surface area contributed by atoms with Crippen LogP contribution in [0.2, 0.25) is 0 Å². The fourth-order valence-corrected chi connectivity index (χ4v) is 1.21. The number of likely N-dealkylation sites (N-methyl/N-ethyl adjacent to an activating group) is 1. The molecule has 0 saturated heterocycles. The summed E-state index contributed by atoms with van der Waals surface area (Å²) in [7, 11) is 3.38. The van der Waals surface area contributed by atoms with Crippen LogP contribution in [0.5, 0.6) is 0 Å². The van der Waals surface area contributed by atoms with Gasteiger partial charge in [0.2, 0.25) is 5.91 Å². The molecule has 0 heterocycles. The maximum atomic E-state index is 11.7. The van der Waals surface area contributed by atoms with E-state index in [0.29, 0.717) is 19.7 Å². The molecule has 1 N–H and O–H groups in total. The number of methoxy groups -OCH3 is 1. The van der Waals surface area contributed by atoms with Crippen molar-refractivity contribution < 1.29 is 9.53 Å². The summed E-state index contributed by atoms with van der Waals surface area (Å²) in [4.78, 5) is 13.3. The highest BCUT2D eigenvalue weighted by Crippen LogP contribution is 2.09. The van der Waals surface area contributed by atoms with Crippen LogP contribution in [-0.4, -0.2) is 39.8 Å². The van der Waals surface area contributed by atoms with Crippen molar-refractivity contribution in [2.45, 2.75) is 0 Å². The molecular formula is C12H17N2O2. The van der Waals surface area contributed by atoms with E-state index < -0.39 is 0 Å². The number of nitrogens with one attached hydrogen (secondary N) is 1. The molecule has 4 nitrogen and oxygen atoms in total. The Morgan fingerprint density at radius 2 is 2.38 bits per heavy atom. The molecule has 0 fully saturated rings. The van der Waals surface area contributed by atoms with E-state index in [0.717, 1.165) is 5.69 Å². The molecule has 1 radical (unpaired) electrons. The summed E-state index contributed by atoms with van der Waals surface area (Å²) < 4.78 is 4.88. The second kappa shape index (κ2) is 6.98. The molecule has 0 spiro atoms. The molecule has 1 rings (SSSR count). The molecule has 0 aliphatic rings. The van der Waals surface area contributed by atoms with Gasteiger partial charge < -0.3 is 15.0 Å². The van der Waals surface area contributed by atoms with Crippen LogP contribution in [0.15, 0.2) is 24.3 Å². The van der Waals surface area contributed by atoms with Crippen molar-refractivity contribution >= 4 is 11.6 Å². The molecular weight excluding hydrogens is 204 g/mol. The topological polar surface area (TPSA) is 41.6 Å². The third-order valence-corrected chi connectivity index (χ3v) is 2.19. The van der Waals surface area contributed by atoms with E-state index in [1.54, 1.807) is 25.1 Å². The number of benzene rings is 1. The average Bonchev–Trinajstić information content (AvgIpc) is 2.34. The highest BCUT2D eigenvalue weighted by atomic mass is 16.5. The Morgan fingerprint density at radius 1 is 1.56 bits per heavy atom. The molecule has 0 aromatic heterocycles. The van der Waals surface area contributed by atoms with Gasteiger partial charge >= 0.3 is 0 Å². The predicted octanol–water partition coefficient (Wildman–Crippen LogP) is 0.686. The van der Waals surface area contributed by atoms with Gasteiger partial charge in [-0.15, -0.1) is 0 Å². The third kappa shape index (κ3) is 4.00. The van der Waals surface area contributed by atoms with E-state index in [9.17, 15) is 4.79 Å². The Hall–Kier alpha value is -1.39. The van der Waals surface area contributed by atoms with E-state index >= 15 is 0 Å². The van der Waals surface area contributed by atoms with Gasteiger partial charge in [0.25, 0.3) is 0 Å². The zero-order chi connectivity index (χ0) is 11.8. The number of nitrogens with zero attached hydrogens (tertiary/aromatic N) is 1. The van der Waals surface area contributed by atoms with E-state index in [-0.39, 0.29) is 5.91 Å². The van der Waals surface area contributed by atoms with E-state index in [1.807, 2.05) is 18.2 Å². The molecule has 87 valence electrons. The zero-order valence-corrected chi connectivity index (χ0v) is 9.69. The smallest absolute Gasteiger partial charge is 0.240 e. The maximum absolute atomic E-state index is 11.7. The summed E-state index contributed by atoms with van der Waals surface area (Å²) in [5.41, 5.74) is 0.779. The number of carbonyl (C=O) groups is 1. The minimum atomic E-state index is 0.0125. The molecule has 0 bridgehead atoms. The summed E-state index contributed by atoms with van der Waals surface area (Å²) in [6.45, 7) is 1.59. The highest BCUT2D eigenvalue weighted by Gasteiger charge is 2.09. The van der Waals surface area contributed by atoms with Crippen LogP contribution < -0.4 is 10.2 Å². The Kier molecular flexibility index (Phi) is 5.53. The number of anilines is 1. The van der Waals surface area contributed by atoms with Crippen molar-refractivity contribution in [1.82, 2.24) is 5.32 Å². The first-order valence-corrected chi connectivity index (χ1v) is 5.18. The summed E-state index contributed by atoms with van der Waals surface area (Å²) in [5, 5.41) is 3.01. The molecule has 1 aromatic rings. The van der Waals surface area contributed by atoms with Gasteiger partial charge in [-0.25, -0.2) is 0 Å². The normalized spacial score (nSPS) is 10.1. The summed E-state index contributed by atoms with van der Waals surface area (Å²) in [6.07, 6.45) is 0. The summed E-state index contributed by atoms with van der Waals surface area (Å²) in [5.74, 6) is 0.0125. The van der Waals surface area contributed by atoms with Crippen LogP contribution in [0.4, 0.5) is 5.69 Å². The molecule has 1 amide bonds. The monoisotopic (exact) mass is 221 g/mol. The molecule has 0 aliphatic carbocycles. The van der Waals surface area contributed by atoms with E-state index in [1.165, 1.54) is 0 Å². The first-order valence-electron chi connectivity index (χ1n) is 5.18.